The van der Waals surface area contributed by atoms with Gasteiger partial charge in [0, 0.05) is 31.2 Å². The van der Waals surface area contributed by atoms with Gasteiger partial charge in [-0.3, -0.25) is 9.59 Å². The highest BCUT2D eigenvalue weighted by Crippen LogP contribution is 2.31. The minimum atomic E-state index is -0.118. The minimum Gasteiger partial charge on any atom is -0.378 e. The number of aryl methyl sites for hydroxylation is 1. The highest BCUT2D eigenvalue weighted by Gasteiger charge is 2.30. The van der Waals surface area contributed by atoms with Crippen LogP contribution in [0.15, 0.2) is 42.5 Å². The number of anilines is 2. The van der Waals surface area contributed by atoms with Crippen molar-refractivity contribution in [2.45, 2.75) is 26.3 Å². The monoisotopic (exact) mass is 393 g/mol. The van der Waals surface area contributed by atoms with Crippen LogP contribution in [0.25, 0.3) is 0 Å². The molecule has 1 saturated heterocycles. The quantitative estimate of drug-likeness (QED) is 0.791. The van der Waals surface area contributed by atoms with E-state index in [2.05, 4.69) is 21.6 Å². The lowest BCUT2D eigenvalue weighted by Gasteiger charge is -2.30. The zero-order valence-electron chi connectivity index (χ0n) is 16.7. The van der Waals surface area contributed by atoms with E-state index in [9.17, 15) is 9.59 Å². The maximum absolute atomic E-state index is 13.0. The molecule has 2 aromatic carbocycles. The first-order valence-corrected chi connectivity index (χ1v) is 10.2. The van der Waals surface area contributed by atoms with E-state index < -0.39 is 0 Å². The molecular formula is C23H27N3O3. The molecular weight excluding hydrogens is 366 g/mol. The lowest BCUT2D eigenvalue weighted by molar-refractivity contribution is -0.117. The van der Waals surface area contributed by atoms with Crippen molar-refractivity contribution in [1.82, 2.24) is 5.32 Å². The standard InChI is InChI=1S/C23H27N3O3/c1-16-3-2-4-17(13-16)15-24-23(28)20-8-7-19(25-22(27)18-5-6-18)14-21(20)26-9-11-29-12-10-26/h2-4,7-8,13-14,18H,5-6,9-12,15H2,1H3,(H,24,28)(H,25,27). The Morgan fingerprint density at radius 2 is 1.90 bits per heavy atom. The fourth-order valence-electron chi connectivity index (χ4n) is 3.56. The summed E-state index contributed by atoms with van der Waals surface area (Å²) in [6, 6.07) is 13.6. The second-order valence-corrected chi connectivity index (χ2v) is 7.77. The summed E-state index contributed by atoms with van der Waals surface area (Å²) in [6.07, 6.45) is 1.92. The normalized spacial score (nSPS) is 16.4. The number of morpholine rings is 1. The average molecular weight is 393 g/mol. The third-order valence-corrected chi connectivity index (χ3v) is 5.35. The molecule has 2 amide bonds. The van der Waals surface area contributed by atoms with E-state index in [1.807, 2.05) is 37.3 Å². The van der Waals surface area contributed by atoms with E-state index in [0.29, 0.717) is 25.3 Å². The first-order chi connectivity index (χ1) is 14.1. The van der Waals surface area contributed by atoms with Crippen LogP contribution < -0.4 is 15.5 Å². The van der Waals surface area contributed by atoms with Gasteiger partial charge in [-0.05, 0) is 43.5 Å². The Morgan fingerprint density at radius 1 is 1.10 bits per heavy atom. The van der Waals surface area contributed by atoms with Crippen LogP contribution >= 0.6 is 0 Å². The van der Waals surface area contributed by atoms with E-state index in [1.54, 1.807) is 6.07 Å². The number of carbonyl (C=O) groups is 2. The smallest absolute Gasteiger partial charge is 0.253 e. The zero-order chi connectivity index (χ0) is 20.2. The van der Waals surface area contributed by atoms with Gasteiger partial charge in [0.2, 0.25) is 5.91 Å². The molecule has 0 radical (unpaired) electrons. The Balaban J connectivity index is 1.53. The highest BCUT2D eigenvalue weighted by atomic mass is 16.5. The molecule has 2 aromatic rings. The van der Waals surface area contributed by atoms with Crippen molar-refractivity contribution in [2.75, 3.05) is 36.5 Å². The third-order valence-electron chi connectivity index (χ3n) is 5.35. The van der Waals surface area contributed by atoms with Gasteiger partial charge in [0.1, 0.15) is 0 Å². The van der Waals surface area contributed by atoms with Gasteiger partial charge in [-0.15, -0.1) is 0 Å². The molecule has 4 rings (SSSR count). The van der Waals surface area contributed by atoms with Crippen LogP contribution in [-0.4, -0.2) is 38.1 Å². The van der Waals surface area contributed by atoms with Gasteiger partial charge in [0.15, 0.2) is 0 Å². The van der Waals surface area contributed by atoms with Gasteiger partial charge in [-0.2, -0.15) is 0 Å². The van der Waals surface area contributed by atoms with Crippen LogP contribution in [0.2, 0.25) is 0 Å². The number of amides is 2. The summed E-state index contributed by atoms with van der Waals surface area (Å²) in [5, 5.41) is 6.01. The number of ether oxygens (including phenoxy) is 1. The molecule has 1 heterocycles. The predicted octanol–water partition coefficient (Wildman–Crippen LogP) is 3.11. The zero-order valence-corrected chi connectivity index (χ0v) is 16.7. The number of benzene rings is 2. The molecule has 0 spiro atoms. The Morgan fingerprint density at radius 3 is 2.62 bits per heavy atom. The van der Waals surface area contributed by atoms with E-state index in [0.717, 1.165) is 42.9 Å². The fourth-order valence-corrected chi connectivity index (χ4v) is 3.56. The largest absolute Gasteiger partial charge is 0.378 e. The molecule has 2 fully saturated rings. The van der Waals surface area contributed by atoms with Gasteiger partial charge in [-0.1, -0.05) is 29.8 Å². The Hall–Kier alpha value is -2.86. The van der Waals surface area contributed by atoms with Crippen molar-refractivity contribution < 1.29 is 14.3 Å². The van der Waals surface area contributed by atoms with Crippen LogP contribution in [0.3, 0.4) is 0 Å². The fraction of sp³-hybridized carbons (Fsp3) is 0.391. The van der Waals surface area contributed by atoms with Gasteiger partial charge in [0.25, 0.3) is 5.91 Å². The Bertz CT molecular complexity index is 902. The first kappa shape index (κ1) is 19.5. The van der Waals surface area contributed by atoms with Crippen molar-refractivity contribution >= 4 is 23.2 Å². The van der Waals surface area contributed by atoms with Gasteiger partial charge in [0.05, 0.1) is 24.5 Å². The molecule has 2 N–H and O–H groups in total. The number of carbonyl (C=O) groups excluding carboxylic acids is 2. The SMILES string of the molecule is Cc1cccc(CNC(=O)c2ccc(NC(=O)C3CC3)cc2N2CCOCC2)c1. The summed E-state index contributed by atoms with van der Waals surface area (Å²) in [4.78, 5) is 27.3. The molecule has 0 unspecified atom stereocenters. The van der Waals surface area contributed by atoms with Crippen molar-refractivity contribution in [3.63, 3.8) is 0 Å². The van der Waals surface area contributed by atoms with Crippen LogP contribution in [-0.2, 0) is 16.1 Å². The minimum absolute atomic E-state index is 0.0644. The molecule has 1 aliphatic carbocycles. The highest BCUT2D eigenvalue weighted by molar-refractivity contribution is 6.02. The lowest BCUT2D eigenvalue weighted by atomic mass is 10.1. The molecule has 6 nitrogen and oxygen atoms in total. The third kappa shape index (κ3) is 4.95. The van der Waals surface area contributed by atoms with Gasteiger partial charge >= 0.3 is 0 Å². The van der Waals surface area contributed by atoms with Crippen LogP contribution in [0, 0.1) is 12.8 Å². The molecule has 152 valence electrons. The number of hydrogen-bond acceptors (Lipinski definition) is 4. The summed E-state index contributed by atoms with van der Waals surface area (Å²) in [5.41, 5.74) is 4.42. The molecule has 1 aliphatic heterocycles. The van der Waals surface area contributed by atoms with Crippen molar-refractivity contribution in [3.8, 4) is 0 Å². The van der Waals surface area contributed by atoms with E-state index in [-0.39, 0.29) is 17.7 Å². The second kappa shape index (κ2) is 8.66. The lowest BCUT2D eigenvalue weighted by Crippen LogP contribution is -2.38. The predicted molar refractivity (Wildman–Crippen MR) is 113 cm³/mol. The van der Waals surface area contributed by atoms with Crippen LogP contribution in [0.1, 0.15) is 34.3 Å². The van der Waals surface area contributed by atoms with Crippen LogP contribution in [0.4, 0.5) is 11.4 Å². The van der Waals surface area contributed by atoms with Crippen molar-refractivity contribution in [1.29, 1.82) is 0 Å². The molecule has 29 heavy (non-hydrogen) atoms. The Kier molecular flexibility index (Phi) is 5.81. The Labute approximate surface area is 171 Å². The van der Waals surface area contributed by atoms with Crippen molar-refractivity contribution in [3.05, 3.63) is 59.2 Å². The molecule has 1 saturated carbocycles. The number of nitrogens with one attached hydrogen (secondary N) is 2. The van der Waals surface area contributed by atoms with E-state index in [4.69, 9.17) is 4.74 Å². The average Bonchev–Trinajstić information content (AvgIpc) is 3.58. The molecule has 0 aromatic heterocycles. The molecule has 0 bridgehead atoms. The molecule has 6 heteroatoms. The van der Waals surface area contributed by atoms with Crippen LogP contribution in [0.5, 0.6) is 0 Å². The first-order valence-electron chi connectivity index (χ1n) is 10.2. The summed E-state index contributed by atoms with van der Waals surface area (Å²) in [5.74, 6) is 0.0850. The molecule has 2 aliphatic rings. The van der Waals surface area contributed by atoms with Crippen molar-refractivity contribution in [2.24, 2.45) is 5.92 Å². The summed E-state index contributed by atoms with van der Waals surface area (Å²) >= 11 is 0. The maximum atomic E-state index is 13.0. The maximum Gasteiger partial charge on any atom is 0.253 e. The van der Waals surface area contributed by atoms with Gasteiger partial charge < -0.3 is 20.3 Å². The van der Waals surface area contributed by atoms with E-state index in [1.165, 1.54) is 5.56 Å². The number of rotatable bonds is 6. The summed E-state index contributed by atoms with van der Waals surface area (Å²) in [7, 11) is 0. The summed E-state index contributed by atoms with van der Waals surface area (Å²) < 4.78 is 5.46. The molecule has 0 atom stereocenters. The topological polar surface area (TPSA) is 70.7 Å². The van der Waals surface area contributed by atoms with Gasteiger partial charge in [-0.25, -0.2) is 0 Å². The number of nitrogens with zero attached hydrogens (tertiary/aromatic N) is 1. The summed E-state index contributed by atoms with van der Waals surface area (Å²) in [6.45, 7) is 5.21. The van der Waals surface area contributed by atoms with E-state index >= 15 is 0 Å². The second-order valence-electron chi connectivity index (χ2n) is 7.77. The number of hydrogen-bond donors (Lipinski definition) is 2.